The van der Waals surface area contributed by atoms with Gasteiger partial charge in [0.1, 0.15) is 11.8 Å². The zero-order valence-corrected chi connectivity index (χ0v) is 18.5. The van der Waals surface area contributed by atoms with Gasteiger partial charge in [0.15, 0.2) is 0 Å². The summed E-state index contributed by atoms with van der Waals surface area (Å²) >= 11 is 0. The van der Waals surface area contributed by atoms with Crippen molar-refractivity contribution in [3.05, 3.63) is 101 Å². The molecule has 33 heavy (non-hydrogen) atoms. The first-order chi connectivity index (χ1) is 15.8. The van der Waals surface area contributed by atoms with Crippen LogP contribution in [0.2, 0.25) is 0 Å². The van der Waals surface area contributed by atoms with Gasteiger partial charge >= 0.3 is 6.18 Å². The van der Waals surface area contributed by atoms with E-state index in [0.717, 1.165) is 29.0 Å². The molecule has 0 aromatic heterocycles. The normalized spacial score (nSPS) is 13.2. The second kappa shape index (κ2) is 11.0. The number of benzene rings is 3. The molecular weight excluding hydrogens is 429 g/mol. The van der Waals surface area contributed by atoms with Crippen LogP contribution < -0.4 is 15.4 Å². The third-order valence-electron chi connectivity index (χ3n) is 5.53. The Balaban J connectivity index is 1.88. The van der Waals surface area contributed by atoms with Gasteiger partial charge in [0.25, 0.3) is 0 Å². The van der Waals surface area contributed by atoms with Gasteiger partial charge in [0.2, 0.25) is 5.91 Å². The molecule has 0 saturated carbocycles. The average Bonchev–Trinajstić information content (AvgIpc) is 2.84. The molecule has 2 N–H and O–H groups in total. The van der Waals surface area contributed by atoms with Crippen molar-refractivity contribution in [3.63, 3.8) is 0 Å². The van der Waals surface area contributed by atoms with E-state index < -0.39 is 17.8 Å². The average molecular weight is 457 g/mol. The van der Waals surface area contributed by atoms with E-state index >= 15 is 0 Å². The molecule has 1 amide bonds. The summed E-state index contributed by atoms with van der Waals surface area (Å²) < 4.78 is 44.4. The topological polar surface area (TPSA) is 50.4 Å². The second-order valence-electron chi connectivity index (χ2n) is 7.68. The molecule has 1 unspecified atom stereocenters. The van der Waals surface area contributed by atoms with E-state index in [1.165, 1.54) is 12.1 Å². The fraction of sp³-hybridized carbons (Fsp3) is 0.269. The highest BCUT2D eigenvalue weighted by Crippen LogP contribution is 2.31. The van der Waals surface area contributed by atoms with Crippen LogP contribution in [0.15, 0.2) is 78.9 Å². The van der Waals surface area contributed by atoms with Gasteiger partial charge in [-0.05, 0) is 53.8 Å². The van der Waals surface area contributed by atoms with Crippen molar-refractivity contribution in [3.8, 4) is 5.75 Å². The summed E-state index contributed by atoms with van der Waals surface area (Å²) in [4.78, 5) is 12.7. The number of methoxy groups -OCH3 is 1. The molecule has 3 aromatic rings. The van der Waals surface area contributed by atoms with Crippen molar-refractivity contribution >= 4 is 5.91 Å². The molecule has 0 spiro atoms. The van der Waals surface area contributed by atoms with E-state index in [1.807, 2.05) is 54.6 Å². The van der Waals surface area contributed by atoms with Crippen molar-refractivity contribution < 1.29 is 22.7 Å². The smallest absolute Gasteiger partial charge is 0.416 e. The van der Waals surface area contributed by atoms with Crippen LogP contribution in [0.4, 0.5) is 13.2 Å². The first kappa shape index (κ1) is 24.3. The summed E-state index contributed by atoms with van der Waals surface area (Å²) in [6.07, 6.45) is -3.16. The molecule has 7 heteroatoms. The number of aryl methyl sites for hydroxylation is 1. The quantitative estimate of drug-likeness (QED) is 0.449. The lowest BCUT2D eigenvalue weighted by Gasteiger charge is -2.26. The maximum absolute atomic E-state index is 13.1. The first-order valence-corrected chi connectivity index (χ1v) is 10.6. The number of hydrogen-bond donors (Lipinski definition) is 2. The van der Waals surface area contributed by atoms with Crippen LogP contribution in [-0.4, -0.2) is 20.1 Å². The molecule has 4 nitrogen and oxygen atoms in total. The highest BCUT2D eigenvalue weighted by Gasteiger charge is 2.31. The van der Waals surface area contributed by atoms with Crippen LogP contribution in [0.5, 0.6) is 5.75 Å². The number of halogens is 3. The van der Waals surface area contributed by atoms with E-state index in [9.17, 15) is 18.0 Å². The minimum atomic E-state index is -4.40. The minimum absolute atomic E-state index is 0.220. The molecule has 0 saturated heterocycles. The van der Waals surface area contributed by atoms with E-state index in [-0.39, 0.29) is 11.9 Å². The highest BCUT2D eigenvalue weighted by molar-refractivity contribution is 5.83. The predicted molar refractivity (Wildman–Crippen MR) is 122 cm³/mol. The fourth-order valence-electron chi connectivity index (χ4n) is 3.67. The summed E-state index contributed by atoms with van der Waals surface area (Å²) in [5.74, 6) is 0.530. The summed E-state index contributed by atoms with van der Waals surface area (Å²) in [5.41, 5.74) is 1.82. The Kier molecular flexibility index (Phi) is 8.11. The van der Waals surface area contributed by atoms with Crippen molar-refractivity contribution in [2.45, 2.75) is 31.1 Å². The van der Waals surface area contributed by atoms with E-state index in [2.05, 4.69) is 10.6 Å². The molecule has 3 rings (SSSR count). The molecule has 0 bridgehead atoms. The van der Waals surface area contributed by atoms with Gasteiger partial charge < -0.3 is 10.1 Å². The minimum Gasteiger partial charge on any atom is -0.497 e. The SMILES string of the molecule is CNC(=O)C(N[C@@H](CCc1ccc(OC)cc1)c1ccc(C(F)(F)F)cc1)c1ccccc1. The van der Waals surface area contributed by atoms with Crippen LogP contribution in [0.1, 0.15) is 40.8 Å². The van der Waals surface area contributed by atoms with Crippen LogP contribution in [-0.2, 0) is 17.4 Å². The van der Waals surface area contributed by atoms with Crippen molar-refractivity contribution in [2.75, 3.05) is 14.2 Å². The van der Waals surface area contributed by atoms with Crippen LogP contribution in [0.3, 0.4) is 0 Å². The molecule has 2 atom stereocenters. The van der Waals surface area contributed by atoms with Crippen LogP contribution in [0.25, 0.3) is 0 Å². The van der Waals surface area contributed by atoms with Gasteiger partial charge in [0, 0.05) is 13.1 Å². The monoisotopic (exact) mass is 456 g/mol. The zero-order chi connectivity index (χ0) is 23.8. The number of amides is 1. The molecule has 0 aliphatic rings. The van der Waals surface area contributed by atoms with Crippen molar-refractivity contribution in [1.29, 1.82) is 0 Å². The van der Waals surface area contributed by atoms with Crippen LogP contribution >= 0.6 is 0 Å². The molecular formula is C26H27F3N2O2. The van der Waals surface area contributed by atoms with Crippen LogP contribution in [0, 0.1) is 0 Å². The van der Waals surface area contributed by atoms with Crippen molar-refractivity contribution in [2.24, 2.45) is 0 Å². The molecule has 3 aromatic carbocycles. The number of rotatable bonds is 9. The lowest BCUT2D eigenvalue weighted by atomic mass is 9.95. The maximum Gasteiger partial charge on any atom is 0.416 e. The lowest BCUT2D eigenvalue weighted by molar-refractivity contribution is -0.137. The summed E-state index contributed by atoms with van der Waals surface area (Å²) in [7, 11) is 3.16. The second-order valence-corrected chi connectivity index (χ2v) is 7.68. The number of hydrogen-bond acceptors (Lipinski definition) is 3. The maximum atomic E-state index is 13.1. The number of likely N-dealkylation sites (N-methyl/N-ethyl adjacent to an activating group) is 1. The predicted octanol–water partition coefficient (Wildman–Crippen LogP) is 5.46. The number of carbonyl (C=O) groups is 1. The fourth-order valence-corrected chi connectivity index (χ4v) is 3.67. The standard InChI is InChI=1S/C26H27F3N2O2/c1-30-25(32)24(20-6-4-3-5-7-20)31-23(17-10-18-8-15-22(33-2)16-9-18)19-11-13-21(14-12-19)26(27,28)29/h3-9,11-16,23-24,31H,10,17H2,1-2H3,(H,30,32)/t23-,24?/m0/s1. The summed E-state index contributed by atoms with van der Waals surface area (Å²) in [6, 6.07) is 21.0. The Morgan fingerprint density at radius 3 is 2.09 bits per heavy atom. The largest absolute Gasteiger partial charge is 0.497 e. The third kappa shape index (κ3) is 6.58. The van der Waals surface area contributed by atoms with Gasteiger partial charge in [-0.2, -0.15) is 13.2 Å². The number of carbonyl (C=O) groups excluding carboxylic acids is 1. The van der Waals surface area contributed by atoms with Crippen molar-refractivity contribution in [1.82, 2.24) is 10.6 Å². The Labute approximate surface area is 191 Å². The van der Waals surface area contributed by atoms with Gasteiger partial charge in [-0.3, -0.25) is 10.1 Å². The summed E-state index contributed by atoms with van der Waals surface area (Å²) in [5, 5.41) is 6.04. The zero-order valence-electron chi connectivity index (χ0n) is 18.5. The Morgan fingerprint density at radius 2 is 1.55 bits per heavy atom. The Hall–Kier alpha value is -3.32. The van der Waals surface area contributed by atoms with Gasteiger partial charge in [-0.25, -0.2) is 0 Å². The van der Waals surface area contributed by atoms with E-state index in [1.54, 1.807) is 14.2 Å². The van der Waals surface area contributed by atoms with Gasteiger partial charge in [0.05, 0.1) is 12.7 Å². The highest BCUT2D eigenvalue weighted by atomic mass is 19.4. The number of nitrogens with one attached hydrogen (secondary N) is 2. The molecule has 0 radical (unpaired) electrons. The Bertz CT molecular complexity index is 1020. The Morgan fingerprint density at radius 1 is 0.909 bits per heavy atom. The summed E-state index contributed by atoms with van der Waals surface area (Å²) in [6.45, 7) is 0. The third-order valence-corrected chi connectivity index (χ3v) is 5.53. The molecule has 0 aliphatic carbocycles. The van der Waals surface area contributed by atoms with E-state index in [4.69, 9.17) is 4.74 Å². The molecule has 0 aliphatic heterocycles. The van der Waals surface area contributed by atoms with Gasteiger partial charge in [-0.15, -0.1) is 0 Å². The number of alkyl halides is 3. The molecule has 174 valence electrons. The van der Waals surface area contributed by atoms with E-state index in [0.29, 0.717) is 18.4 Å². The molecule has 0 heterocycles. The number of ether oxygens (including phenoxy) is 1. The lowest BCUT2D eigenvalue weighted by Crippen LogP contribution is -2.38. The first-order valence-electron chi connectivity index (χ1n) is 10.6. The molecule has 0 fully saturated rings. The van der Waals surface area contributed by atoms with Gasteiger partial charge in [-0.1, -0.05) is 54.6 Å².